The molecule has 0 aliphatic carbocycles. The van der Waals surface area contributed by atoms with Gasteiger partial charge in [-0.05, 0) is 23.6 Å². The molecule has 19 heavy (non-hydrogen) atoms. The minimum absolute atomic E-state index is 0.0449. The highest BCUT2D eigenvalue weighted by Crippen LogP contribution is 2.26. The van der Waals surface area contributed by atoms with Gasteiger partial charge in [-0.15, -0.1) is 11.3 Å². The van der Waals surface area contributed by atoms with Crippen molar-refractivity contribution in [1.29, 1.82) is 5.26 Å². The summed E-state index contributed by atoms with van der Waals surface area (Å²) in [6, 6.07) is 13.1. The highest BCUT2D eigenvalue weighted by molar-refractivity contribution is 7.11. The standard InChI is InChI=1S/C14H9N3OS/c15-8-9(13(18)12-6-3-7-19-12)14-16-10-4-1-2-5-11(10)17-14/h1-7,18H,(H,16,17). The van der Waals surface area contributed by atoms with Crippen LogP contribution in [-0.4, -0.2) is 15.1 Å². The van der Waals surface area contributed by atoms with Crippen LogP contribution >= 0.6 is 11.3 Å². The number of aromatic amines is 1. The van der Waals surface area contributed by atoms with E-state index in [1.165, 1.54) is 11.3 Å². The number of fused-ring (bicyclic) bond motifs is 1. The number of thiophene rings is 1. The number of benzene rings is 1. The number of hydrogen-bond donors (Lipinski definition) is 2. The van der Waals surface area contributed by atoms with E-state index in [0.717, 1.165) is 11.0 Å². The van der Waals surface area contributed by atoms with Crippen molar-refractivity contribution in [3.63, 3.8) is 0 Å². The van der Waals surface area contributed by atoms with Crippen LogP contribution in [0.25, 0.3) is 22.4 Å². The van der Waals surface area contributed by atoms with E-state index in [0.29, 0.717) is 10.7 Å². The average molecular weight is 267 g/mol. The van der Waals surface area contributed by atoms with Crippen LogP contribution in [0.5, 0.6) is 0 Å². The van der Waals surface area contributed by atoms with Gasteiger partial charge in [0.1, 0.15) is 11.6 Å². The predicted octanol–water partition coefficient (Wildman–Crippen LogP) is 3.57. The van der Waals surface area contributed by atoms with E-state index in [1.54, 1.807) is 6.07 Å². The molecule has 0 saturated heterocycles. The Balaban J connectivity index is 2.18. The number of hydrogen-bond acceptors (Lipinski definition) is 4. The SMILES string of the molecule is N#CC(=C(O)c1cccs1)c1nc2ccccc2[nH]1. The molecule has 2 aromatic heterocycles. The summed E-state index contributed by atoms with van der Waals surface area (Å²) in [5.74, 6) is 0.339. The molecule has 0 atom stereocenters. The number of nitrogens with zero attached hydrogens (tertiary/aromatic N) is 2. The molecule has 2 heterocycles. The smallest absolute Gasteiger partial charge is 0.154 e. The molecule has 5 heteroatoms. The van der Waals surface area contributed by atoms with E-state index >= 15 is 0 Å². The lowest BCUT2D eigenvalue weighted by molar-refractivity contribution is 0.516. The van der Waals surface area contributed by atoms with E-state index in [-0.39, 0.29) is 11.3 Å². The largest absolute Gasteiger partial charge is 0.505 e. The molecule has 0 saturated carbocycles. The number of nitriles is 1. The van der Waals surface area contributed by atoms with E-state index in [1.807, 2.05) is 41.8 Å². The van der Waals surface area contributed by atoms with Crippen LogP contribution in [0, 0.1) is 11.3 Å². The molecule has 92 valence electrons. The van der Waals surface area contributed by atoms with E-state index in [4.69, 9.17) is 0 Å². The highest BCUT2D eigenvalue weighted by Gasteiger charge is 2.14. The molecular formula is C14H9N3OS. The third-order valence-electron chi connectivity index (χ3n) is 2.73. The number of imidazole rings is 1. The van der Waals surface area contributed by atoms with Gasteiger partial charge in [-0.1, -0.05) is 18.2 Å². The second-order valence-corrected chi connectivity index (χ2v) is 4.86. The predicted molar refractivity (Wildman–Crippen MR) is 75.5 cm³/mol. The fourth-order valence-corrected chi connectivity index (χ4v) is 2.50. The number of allylic oxidation sites excluding steroid dienone is 1. The van der Waals surface area contributed by atoms with Crippen LogP contribution in [0.3, 0.4) is 0 Å². The van der Waals surface area contributed by atoms with Gasteiger partial charge < -0.3 is 10.1 Å². The zero-order valence-electron chi connectivity index (χ0n) is 9.79. The molecule has 0 bridgehead atoms. The lowest BCUT2D eigenvalue weighted by atomic mass is 10.2. The Morgan fingerprint density at radius 2 is 2.11 bits per heavy atom. The molecule has 3 rings (SSSR count). The van der Waals surface area contributed by atoms with Crippen LogP contribution in [0.2, 0.25) is 0 Å². The van der Waals surface area contributed by atoms with Gasteiger partial charge in [0.05, 0.1) is 15.9 Å². The van der Waals surface area contributed by atoms with Crippen molar-refractivity contribution in [2.24, 2.45) is 0 Å². The van der Waals surface area contributed by atoms with Crippen LogP contribution in [0.1, 0.15) is 10.7 Å². The Hall–Kier alpha value is -2.58. The maximum Gasteiger partial charge on any atom is 0.154 e. The summed E-state index contributed by atoms with van der Waals surface area (Å²) in [6.45, 7) is 0. The maximum atomic E-state index is 10.2. The number of rotatable bonds is 2. The summed E-state index contributed by atoms with van der Waals surface area (Å²) >= 11 is 1.38. The van der Waals surface area contributed by atoms with Crippen LogP contribution in [-0.2, 0) is 0 Å². The lowest BCUT2D eigenvalue weighted by Crippen LogP contribution is -1.90. The second-order valence-electron chi connectivity index (χ2n) is 3.92. The number of aliphatic hydroxyl groups is 1. The molecule has 0 fully saturated rings. The number of nitrogens with one attached hydrogen (secondary N) is 1. The average Bonchev–Trinajstić information content (AvgIpc) is 3.08. The normalized spacial score (nSPS) is 12.2. The van der Waals surface area contributed by atoms with Crippen molar-refractivity contribution < 1.29 is 5.11 Å². The monoisotopic (exact) mass is 267 g/mol. The van der Waals surface area contributed by atoms with Crippen molar-refractivity contribution in [3.05, 3.63) is 52.5 Å². The fraction of sp³-hybridized carbons (Fsp3) is 0. The molecule has 0 radical (unpaired) electrons. The first kappa shape index (κ1) is 11.5. The Morgan fingerprint density at radius 1 is 1.26 bits per heavy atom. The molecule has 0 aliphatic heterocycles. The minimum atomic E-state index is -0.0449. The molecule has 0 unspecified atom stereocenters. The second kappa shape index (κ2) is 4.59. The Labute approximate surface area is 113 Å². The molecular weight excluding hydrogens is 258 g/mol. The molecule has 1 aromatic carbocycles. The maximum absolute atomic E-state index is 10.2. The van der Waals surface area contributed by atoms with Crippen molar-refractivity contribution >= 4 is 33.7 Å². The van der Waals surface area contributed by atoms with Crippen LogP contribution < -0.4 is 0 Å². The Kier molecular flexibility index (Phi) is 2.78. The van der Waals surface area contributed by atoms with Gasteiger partial charge in [-0.25, -0.2) is 4.98 Å². The Morgan fingerprint density at radius 3 is 2.79 bits per heavy atom. The van der Waals surface area contributed by atoms with Crippen LogP contribution in [0.4, 0.5) is 0 Å². The number of aliphatic hydroxyl groups excluding tert-OH is 1. The summed E-state index contributed by atoms with van der Waals surface area (Å²) in [6.07, 6.45) is 0. The third-order valence-corrected chi connectivity index (χ3v) is 3.61. The molecule has 0 amide bonds. The zero-order valence-corrected chi connectivity index (χ0v) is 10.6. The van der Waals surface area contributed by atoms with Gasteiger partial charge >= 0.3 is 0 Å². The van der Waals surface area contributed by atoms with E-state index in [2.05, 4.69) is 9.97 Å². The third kappa shape index (κ3) is 1.98. The first-order valence-electron chi connectivity index (χ1n) is 5.62. The molecule has 3 aromatic rings. The summed E-state index contributed by atoms with van der Waals surface area (Å²) in [4.78, 5) is 8.02. The lowest BCUT2D eigenvalue weighted by Gasteiger charge is -1.98. The number of para-hydroxylation sites is 2. The van der Waals surface area contributed by atoms with Crippen LogP contribution in [0.15, 0.2) is 41.8 Å². The summed E-state index contributed by atoms with van der Waals surface area (Å²) in [5, 5.41) is 21.3. The molecule has 0 aliphatic rings. The summed E-state index contributed by atoms with van der Waals surface area (Å²) < 4.78 is 0. The van der Waals surface area contributed by atoms with Crippen molar-refractivity contribution in [3.8, 4) is 6.07 Å². The molecule has 2 N–H and O–H groups in total. The molecule has 4 nitrogen and oxygen atoms in total. The summed E-state index contributed by atoms with van der Waals surface area (Å²) in [7, 11) is 0. The van der Waals surface area contributed by atoms with E-state index < -0.39 is 0 Å². The number of aromatic nitrogens is 2. The van der Waals surface area contributed by atoms with Gasteiger partial charge in [0.2, 0.25) is 0 Å². The minimum Gasteiger partial charge on any atom is -0.505 e. The van der Waals surface area contributed by atoms with Gasteiger partial charge in [-0.2, -0.15) is 5.26 Å². The van der Waals surface area contributed by atoms with Crippen molar-refractivity contribution in [2.45, 2.75) is 0 Å². The first-order valence-corrected chi connectivity index (χ1v) is 6.50. The van der Waals surface area contributed by atoms with Gasteiger partial charge in [0, 0.05) is 0 Å². The number of H-pyrrole nitrogens is 1. The highest BCUT2D eigenvalue weighted by atomic mass is 32.1. The fourth-order valence-electron chi connectivity index (χ4n) is 1.83. The zero-order chi connectivity index (χ0) is 13.2. The van der Waals surface area contributed by atoms with Gasteiger partial charge in [-0.3, -0.25) is 0 Å². The topological polar surface area (TPSA) is 72.7 Å². The van der Waals surface area contributed by atoms with Crippen molar-refractivity contribution in [2.75, 3.05) is 0 Å². The van der Waals surface area contributed by atoms with Gasteiger partial charge in [0.25, 0.3) is 0 Å². The van der Waals surface area contributed by atoms with E-state index in [9.17, 15) is 10.4 Å². The van der Waals surface area contributed by atoms with Crippen molar-refractivity contribution in [1.82, 2.24) is 9.97 Å². The van der Waals surface area contributed by atoms with Gasteiger partial charge in [0.15, 0.2) is 11.6 Å². The molecule has 0 spiro atoms. The first-order chi connectivity index (χ1) is 9.29. The Bertz CT molecular complexity index is 761. The summed E-state index contributed by atoms with van der Waals surface area (Å²) in [5.41, 5.74) is 1.76. The quantitative estimate of drug-likeness (QED) is 0.550.